The minimum Gasteiger partial charge on any atom is -0.274 e. The Kier molecular flexibility index (Phi) is 1.81. The molecule has 13 heavy (non-hydrogen) atoms. The zero-order valence-electron chi connectivity index (χ0n) is 6.93. The zero-order valence-corrected chi connectivity index (χ0v) is 6.93. The van der Waals surface area contributed by atoms with E-state index in [1.807, 2.05) is 0 Å². The maximum absolute atomic E-state index is 11.3. The van der Waals surface area contributed by atoms with E-state index >= 15 is 0 Å². The van der Waals surface area contributed by atoms with Gasteiger partial charge in [-0.05, 0) is 12.1 Å². The van der Waals surface area contributed by atoms with Gasteiger partial charge in [0, 0.05) is 25.2 Å². The molecule has 0 aliphatic carbocycles. The molecule has 0 bridgehead atoms. The number of carbonyl (C=O) groups is 2. The highest BCUT2D eigenvalue weighted by molar-refractivity contribution is 6.19. The van der Waals surface area contributed by atoms with Gasteiger partial charge in [0.05, 0.1) is 5.69 Å². The summed E-state index contributed by atoms with van der Waals surface area (Å²) in [7, 11) is 0. The van der Waals surface area contributed by atoms with E-state index in [9.17, 15) is 9.59 Å². The number of rotatable bonds is 1. The fourth-order valence-electron chi connectivity index (χ4n) is 1.36. The van der Waals surface area contributed by atoms with Crippen LogP contribution in [0, 0.1) is 0 Å². The van der Waals surface area contributed by atoms with Crippen LogP contribution in [-0.4, -0.2) is 16.8 Å². The third-order valence-corrected chi connectivity index (χ3v) is 1.97. The molecule has 1 aromatic heterocycles. The van der Waals surface area contributed by atoms with Crippen LogP contribution in [0.2, 0.25) is 0 Å². The fraction of sp³-hybridized carbons (Fsp3) is 0.222. The number of carbonyl (C=O) groups excluding carboxylic acids is 2. The lowest BCUT2D eigenvalue weighted by Crippen LogP contribution is -2.28. The summed E-state index contributed by atoms with van der Waals surface area (Å²) < 4.78 is 0. The number of aromatic nitrogens is 1. The monoisotopic (exact) mass is 176 g/mol. The smallest absolute Gasteiger partial charge is 0.234 e. The first-order chi connectivity index (χ1) is 6.29. The Balaban J connectivity index is 2.36. The van der Waals surface area contributed by atoms with E-state index in [-0.39, 0.29) is 11.8 Å². The lowest BCUT2D eigenvalue weighted by molar-refractivity contribution is -0.121. The van der Waals surface area contributed by atoms with Crippen LogP contribution in [0.15, 0.2) is 24.5 Å². The summed E-state index contributed by atoms with van der Waals surface area (Å²) in [6, 6.07) is 3.31. The van der Waals surface area contributed by atoms with Crippen LogP contribution >= 0.6 is 0 Å². The predicted octanol–water partition coefficient (Wildman–Crippen LogP) is 0.735. The molecule has 1 aromatic rings. The molecule has 1 aliphatic heterocycles. The summed E-state index contributed by atoms with van der Waals surface area (Å²) >= 11 is 0. The van der Waals surface area contributed by atoms with E-state index < -0.39 is 0 Å². The summed E-state index contributed by atoms with van der Waals surface area (Å²) in [5.74, 6) is -0.257. The number of pyridine rings is 1. The molecule has 4 nitrogen and oxygen atoms in total. The SMILES string of the molecule is O=C1CCC(=O)N1c1ccncc1. The Morgan fingerprint density at radius 2 is 1.62 bits per heavy atom. The van der Waals surface area contributed by atoms with Crippen molar-refractivity contribution in [2.24, 2.45) is 0 Å². The lowest BCUT2D eigenvalue weighted by Gasteiger charge is -2.12. The summed E-state index contributed by atoms with van der Waals surface area (Å²) in [6.07, 6.45) is 3.77. The van der Waals surface area contributed by atoms with Crippen molar-refractivity contribution in [1.82, 2.24) is 4.98 Å². The number of anilines is 1. The van der Waals surface area contributed by atoms with Gasteiger partial charge in [-0.25, -0.2) is 0 Å². The van der Waals surface area contributed by atoms with Gasteiger partial charge < -0.3 is 0 Å². The molecule has 0 aromatic carbocycles. The molecular weight excluding hydrogens is 168 g/mol. The van der Waals surface area contributed by atoms with E-state index in [4.69, 9.17) is 0 Å². The maximum Gasteiger partial charge on any atom is 0.234 e. The summed E-state index contributed by atoms with van der Waals surface area (Å²) in [6.45, 7) is 0. The first kappa shape index (κ1) is 7.91. The van der Waals surface area contributed by atoms with Crippen LogP contribution in [0.5, 0.6) is 0 Å². The average molecular weight is 176 g/mol. The summed E-state index contributed by atoms with van der Waals surface area (Å²) in [5, 5.41) is 0. The largest absolute Gasteiger partial charge is 0.274 e. The highest BCUT2D eigenvalue weighted by Gasteiger charge is 2.29. The van der Waals surface area contributed by atoms with Crippen molar-refractivity contribution < 1.29 is 9.59 Å². The van der Waals surface area contributed by atoms with E-state index in [1.54, 1.807) is 24.5 Å². The van der Waals surface area contributed by atoms with E-state index in [0.29, 0.717) is 18.5 Å². The maximum atomic E-state index is 11.3. The molecule has 0 unspecified atom stereocenters. The van der Waals surface area contributed by atoms with Gasteiger partial charge in [-0.2, -0.15) is 0 Å². The molecule has 2 amide bonds. The summed E-state index contributed by atoms with van der Waals surface area (Å²) in [5.41, 5.74) is 0.613. The Bertz CT molecular complexity index is 332. The molecule has 0 saturated carbocycles. The zero-order chi connectivity index (χ0) is 9.26. The van der Waals surface area contributed by atoms with Crippen molar-refractivity contribution >= 4 is 17.5 Å². The van der Waals surface area contributed by atoms with Crippen molar-refractivity contribution in [2.75, 3.05) is 4.90 Å². The topological polar surface area (TPSA) is 50.3 Å². The van der Waals surface area contributed by atoms with Crippen molar-refractivity contribution in [3.63, 3.8) is 0 Å². The molecule has 4 heteroatoms. The summed E-state index contributed by atoms with van der Waals surface area (Å²) in [4.78, 5) is 27.6. The number of imide groups is 1. The lowest BCUT2D eigenvalue weighted by atomic mass is 10.3. The number of hydrogen-bond acceptors (Lipinski definition) is 3. The molecule has 0 N–H and O–H groups in total. The molecule has 0 radical (unpaired) electrons. The van der Waals surface area contributed by atoms with Crippen LogP contribution in [0.1, 0.15) is 12.8 Å². The molecule has 1 fully saturated rings. The minimum absolute atomic E-state index is 0.129. The average Bonchev–Trinajstić information content (AvgIpc) is 2.48. The van der Waals surface area contributed by atoms with Gasteiger partial charge in [0.2, 0.25) is 11.8 Å². The first-order valence-corrected chi connectivity index (χ1v) is 4.05. The highest BCUT2D eigenvalue weighted by Crippen LogP contribution is 2.20. The molecule has 0 atom stereocenters. The molecule has 0 spiro atoms. The Hall–Kier alpha value is -1.71. The van der Waals surface area contributed by atoms with Gasteiger partial charge in [0.1, 0.15) is 0 Å². The molecule has 2 heterocycles. The van der Waals surface area contributed by atoms with Crippen molar-refractivity contribution in [1.29, 1.82) is 0 Å². The quantitative estimate of drug-likeness (QED) is 0.593. The minimum atomic E-state index is -0.129. The third kappa shape index (κ3) is 1.30. The number of hydrogen-bond donors (Lipinski definition) is 0. The van der Waals surface area contributed by atoms with Gasteiger partial charge in [-0.3, -0.25) is 19.5 Å². The second-order valence-corrected chi connectivity index (χ2v) is 2.83. The van der Waals surface area contributed by atoms with Gasteiger partial charge in [-0.15, -0.1) is 0 Å². The van der Waals surface area contributed by atoms with Gasteiger partial charge in [-0.1, -0.05) is 0 Å². The van der Waals surface area contributed by atoms with E-state index in [0.717, 1.165) is 0 Å². The molecule has 2 rings (SSSR count). The molecule has 66 valence electrons. The Morgan fingerprint density at radius 1 is 1.08 bits per heavy atom. The standard InChI is InChI=1S/C9H8N2O2/c12-8-1-2-9(13)11(8)7-3-5-10-6-4-7/h3-6H,1-2H2. The van der Waals surface area contributed by atoms with E-state index in [2.05, 4.69) is 4.98 Å². The normalized spacial score (nSPS) is 16.8. The first-order valence-electron chi connectivity index (χ1n) is 4.05. The molecular formula is C9H8N2O2. The second-order valence-electron chi connectivity index (χ2n) is 2.83. The van der Waals surface area contributed by atoms with Gasteiger partial charge in [0.25, 0.3) is 0 Å². The second kappa shape index (κ2) is 2.97. The van der Waals surface area contributed by atoms with Crippen LogP contribution < -0.4 is 4.90 Å². The molecule has 1 aliphatic rings. The number of amides is 2. The number of nitrogens with zero attached hydrogens (tertiary/aromatic N) is 2. The predicted molar refractivity (Wildman–Crippen MR) is 46.0 cm³/mol. The third-order valence-electron chi connectivity index (χ3n) is 1.97. The van der Waals surface area contributed by atoms with E-state index in [1.165, 1.54) is 4.90 Å². The van der Waals surface area contributed by atoms with Crippen molar-refractivity contribution in [2.45, 2.75) is 12.8 Å². The van der Waals surface area contributed by atoms with Crippen molar-refractivity contribution in [3.05, 3.63) is 24.5 Å². The fourth-order valence-corrected chi connectivity index (χ4v) is 1.36. The van der Waals surface area contributed by atoms with Crippen LogP contribution in [0.3, 0.4) is 0 Å². The Labute approximate surface area is 75.2 Å². The van der Waals surface area contributed by atoms with Gasteiger partial charge >= 0.3 is 0 Å². The molecule has 1 saturated heterocycles. The van der Waals surface area contributed by atoms with Crippen molar-refractivity contribution in [3.8, 4) is 0 Å². The van der Waals surface area contributed by atoms with Crippen LogP contribution in [0.4, 0.5) is 5.69 Å². The highest BCUT2D eigenvalue weighted by atomic mass is 16.2. The Morgan fingerprint density at radius 3 is 2.15 bits per heavy atom. The van der Waals surface area contributed by atoms with Crippen LogP contribution in [-0.2, 0) is 9.59 Å². The van der Waals surface area contributed by atoms with Gasteiger partial charge in [0.15, 0.2) is 0 Å². The van der Waals surface area contributed by atoms with Crippen LogP contribution in [0.25, 0.3) is 0 Å².